The number of hydrogen-bond donors (Lipinski definition) is 0. The number of carbonyl (C=O) groups is 1. The van der Waals surface area contributed by atoms with Gasteiger partial charge < -0.3 is 9.47 Å². The zero-order valence-corrected chi connectivity index (χ0v) is 13.5. The number of rotatable bonds is 3. The first kappa shape index (κ1) is 14.8. The molecule has 24 heavy (non-hydrogen) atoms. The molecule has 0 saturated carbocycles. The Labute approximate surface area is 140 Å². The fourth-order valence-corrected chi connectivity index (χ4v) is 3.20. The molecule has 0 bridgehead atoms. The summed E-state index contributed by atoms with van der Waals surface area (Å²) in [6, 6.07) is 20.2. The third-order valence-corrected chi connectivity index (χ3v) is 4.49. The Morgan fingerprint density at radius 1 is 1.08 bits per heavy atom. The lowest BCUT2D eigenvalue weighted by Gasteiger charge is -2.22. The smallest absolute Gasteiger partial charge is 0.311 e. The predicted octanol–water partition coefficient (Wildman–Crippen LogP) is 4.83. The van der Waals surface area contributed by atoms with Gasteiger partial charge in [0.1, 0.15) is 18.1 Å². The molecule has 3 aromatic rings. The van der Waals surface area contributed by atoms with E-state index in [4.69, 9.17) is 9.47 Å². The zero-order valence-electron chi connectivity index (χ0n) is 13.5. The van der Waals surface area contributed by atoms with E-state index in [9.17, 15) is 4.79 Å². The van der Waals surface area contributed by atoms with E-state index < -0.39 is 0 Å². The molecule has 4 rings (SSSR count). The van der Waals surface area contributed by atoms with Crippen LogP contribution in [0.2, 0.25) is 0 Å². The highest BCUT2D eigenvalue weighted by Gasteiger charge is 2.24. The van der Waals surface area contributed by atoms with Crippen molar-refractivity contribution < 1.29 is 14.3 Å². The average molecular weight is 318 g/mol. The number of carbonyl (C=O) groups excluding carboxylic acids is 1. The van der Waals surface area contributed by atoms with E-state index in [2.05, 4.69) is 24.3 Å². The van der Waals surface area contributed by atoms with Crippen molar-refractivity contribution >= 4 is 16.7 Å². The third-order valence-electron chi connectivity index (χ3n) is 4.49. The molecule has 0 N–H and O–H groups in total. The van der Waals surface area contributed by atoms with Gasteiger partial charge in [-0.3, -0.25) is 4.79 Å². The van der Waals surface area contributed by atoms with E-state index in [0.29, 0.717) is 24.5 Å². The standard InChI is InChI=1S/C21H18O3/c1-14-11-21(22)24-20-12-17(9-10-18(14)20)23-13-16-7-4-6-15-5-2-3-8-19(15)16/h2-10,12,14H,11,13H2,1H3. The van der Waals surface area contributed by atoms with E-state index in [1.165, 1.54) is 10.8 Å². The number of esters is 1. The molecule has 3 aromatic carbocycles. The summed E-state index contributed by atoms with van der Waals surface area (Å²) < 4.78 is 11.3. The van der Waals surface area contributed by atoms with Crippen LogP contribution in [0.3, 0.4) is 0 Å². The molecule has 1 aliphatic heterocycles. The number of fused-ring (bicyclic) bond motifs is 2. The van der Waals surface area contributed by atoms with Gasteiger partial charge in [-0.1, -0.05) is 55.5 Å². The molecule has 1 unspecified atom stereocenters. The molecule has 0 amide bonds. The molecule has 3 nitrogen and oxygen atoms in total. The van der Waals surface area contributed by atoms with Gasteiger partial charge in [0.05, 0.1) is 6.42 Å². The lowest BCUT2D eigenvalue weighted by molar-refractivity contribution is -0.135. The van der Waals surface area contributed by atoms with Gasteiger partial charge in [0.25, 0.3) is 0 Å². The maximum absolute atomic E-state index is 11.6. The summed E-state index contributed by atoms with van der Waals surface area (Å²) in [7, 11) is 0. The monoisotopic (exact) mass is 318 g/mol. The first-order chi connectivity index (χ1) is 11.7. The highest BCUT2D eigenvalue weighted by molar-refractivity contribution is 5.85. The maximum atomic E-state index is 11.6. The quantitative estimate of drug-likeness (QED) is 0.512. The molecule has 0 aliphatic carbocycles. The molecule has 0 aromatic heterocycles. The Bertz CT molecular complexity index is 909. The Balaban J connectivity index is 1.58. The van der Waals surface area contributed by atoms with Crippen LogP contribution in [-0.2, 0) is 11.4 Å². The fraction of sp³-hybridized carbons (Fsp3) is 0.190. The second-order valence-electron chi connectivity index (χ2n) is 6.21. The number of ether oxygens (including phenoxy) is 2. The van der Waals surface area contributed by atoms with Crippen molar-refractivity contribution in [2.45, 2.75) is 25.9 Å². The van der Waals surface area contributed by atoms with Crippen LogP contribution in [0.25, 0.3) is 10.8 Å². The third kappa shape index (κ3) is 2.73. The summed E-state index contributed by atoms with van der Waals surface area (Å²) in [4.78, 5) is 11.6. The van der Waals surface area contributed by atoms with Crippen molar-refractivity contribution in [1.82, 2.24) is 0 Å². The van der Waals surface area contributed by atoms with Crippen LogP contribution in [0.15, 0.2) is 60.7 Å². The van der Waals surface area contributed by atoms with Crippen molar-refractivity contribution in [3.05, 3.63) is 71.8 Å². The summed E-state index contributed by atoms with van der Waals surface area (Å²) in [5.41, 5.74) is 2.20. The fourth-order valence-electron chi connectivity index (χ4n) is 3.20. The topological polar surface area (TPSA) is 35.5 Å². The molecular formula is C21H18O3. The summed E-state index contributed by atoms with van der Waals surface area (Å²) in [5.74, 6) is 1.34. The second-order valence-corrected chi connectivity index (χ2v) is 6.21. The molecule has 0 radical (unpaired) electrons. The van der Waals surface area contributed by atoms with Gasteiger partial charge in [-0.05, 0) is 33.9 Å². The molecular weight excluding hydrogens is 300 g/mol. The van der Waals surface area contributed by atoms with Gasteiger partial charge in [-0.25, -0.2) is 0 Å². The summed E-state index contributed by atoms with van der Waals surface area (Å²) in [6.45, 7) is 2.51. The largest absolute Gasteiger partial charge is 0.489 e. The Morgan fingerprint density at radius 3 is 2.83 bits per heavy atom. The van der Waals surface area contributed by atoms with Gasteiger partial charge in [0.15, 0.2) is 0 Å². The van der Waals surface area contributed by atoms with Crippen LogP contribution < -0.4 is 9.47 Å². The van der Waals surface area contributed by atoms with Gasteiger partial charge in [-0.2, -0.15) is 0 Å². The normalized spacial score (nSPS) is 16.5. The molecule has 1 heterocycles. The van der Waals surface area contributed by atoms with E-state index in [1.54, 1.807) is 0 Å². The lowest BCUT2D eigenvalue weighted by Crippen LogP contribution is -2.18. The Hall–Kier alpha value is -2.81. The summed E-state index contributed by atoms with van der Waals surface area (Å²) >= 11 is 0. The Morgan fingerprint density at radius 2 is 1.92 bits per heavy atom. The Kier molecular flexibility index (Phi) is 3.69. The molecule has 0 spiro atoms. The van der Waals surface area contributed by atoms with E-state index in [0.717, 1.165) is 11.1 Å². The molecule has 3 heteroatoms. The second kappa shape index (κ2) is 6.00. The van der Waals surface area contributed by atoms with Crippen molar-refractivity contribution in [2.24, 2.45) is 0 Å². The lowest BCUT2D eigenvalue weighted by atomic mass is 9.95. The minimum absolute atomic E-state index is 0.179. The molecule has 1 atom stereocenters. The van der Waals surface area contributed by atoms with E-state index >= 15 is 0 Å². The molecule has 0 fully saturated rings. The SMILES string of the molecule is CC1CC(=O)Oc2cc(OCc3cccc4ccccc34)ccc21. The van der Waals surface area contributed by atoms with Gasteiger partial charge in [0, 0.05) is 6.07 Å². The van der Waals surface area contributed by atoms with Crippen LogP contribution in [0, 0.1) is 0 Å². The number of benzene rings is 3. The van der Waals surface area contributed by atoms with Crippen LogP contribution >= 0.6 is 0 Å². The van der Waals surface area contributed by atoms with Crippen LogP contribution in [-0.4, -0.2) is 5.97 Å². The van der Waals surface area contributed by atoms with Crippen molar-refractivity contribution in [3.63, 3.8) is 0 Å². The summed E-state index contributed by atoms with van der Waals surface area (Å²) in [5, 5.41) is 2.39. The van der Waals surface area contributed by atoms with E-state index in [-0.39, 0.29) is 11.9 Å². The minimum Gasteiger partial charge on any atom is -0.489 e. The van der Waals surface area contributed by atoms with Gasteiger partial charge in [-0.15, -0.1) is 0 Å². The van der Waals surface area contributed by atoms with Crippen molar-refractivity contribution in [2.75, 3.05) is 0 Å². The van der Waals surface area contributed by atoms with Crippen LogP contribution in [0.5, 0.6) is 11.5 Å². The van der Waals surface area contributed by atoms with Gasteiger partial charge in [0.2, 0.25) is 0 Å². The first-order valence-electron chi connectivity index (χ1n) is 8.15. The van der Waals surface area contributed by atoms with Gasteiger partial charge >= 0.3 is 5.97 Å². The predicted molar refractivity (Wildman–Crippen MR) is 93.4 cm³/mol. The van der Waals surface area contributed by atoms with Crippen LogP contribution in [0.1, 0.15) is 30.4 Å². The average Bonchev–Trinajstić information content (AvgIpc) is 2.59. The first-order valence-corrected chi connectivity index (χ1v) is 8.15. The highest BCUT2D eigenvalue weighted by Crippen LogP contribution is 2.36. The molecule has 120 valence electrons. The highest BCUT2D eigenvalue weighted by atomic mass is 16.5. The van der Waals surface area contributed by atoms with Crippen molar-refractivity contribution in [3.8, 4) is 11.5 Å². The maximum Gasteiger partial charge on any atom is 0.311 e. The minimum atomic E-state index is -0.179. The molecule has 0 saturated heterocycles. The van der Waals surface area contributed by atoms with E-state index in [1.807, 2.05) is 43.3 Å². The zero-order chi connectivity index (χ0) is 16.5. The molecule has 1 aliphatic rings. The van der Waals surface area contributed by atoms with Crippen molar-refractivity contribution in [1.29, 1.82) is 0 Å². The summed E-state index contributed by atoms with van der Waals surface area (Å²) in [6.07, 6.45) is 0.434. The number of hydrogen-bond acceptors (Lipinski definition) is 3. The van der Waals surface area contributed by atoms with Crippen LogP contribution in [0.4, 0.5) is 0 Å².